The van der Waals surface area contributed by atoms with Crippen molar-refractivity contribution in [2.45, 2.75) is 24.5 Å². The van der Waals surface area contributed by atoms with Crippen LogP contribution in [0.5, 0.6) is 0 Å². The second-order valence-electron chi connectivity index (χ2n) is 11.0. The molecule has 0 spiro atoms. The predicted molar refractivity (Wildman–Crippen MR) is 174 cm³/mol. The Balaban J connectivity index is 1.09. The van der Waals surface area contributed by atoms with E-state index in [9.17, 15) is 19.5 Å². The standard InChI is InChI=1S/C31H29N9O5S2/c1-45-37-23(20-16-47-31(32)35-20)27(41)36-24-28(42)40-25(30(43)44)19(15-46-29(24)40)14-38-11-2-3-21-22(38)8-12-39(21)13-17-4-6-18(7-5-17)26-33-9-10-34-26/h2-8,11-12,16,24,29H,9-10,13-15H2,1H3,(H4-,32,33,34,35,36,41,43,44)/b37-23-/t24-,29-/m1/s1. The third kappa shape index (κ3) is 5.69. The maximum Gasteiger partial charge on any atom is 0.276 e. The molecule has 3 aliphatic rings. The molecular formula is C31H29N9O5S2. The van der Waals surface area contributed by atoms with Gasteiger partial charge in [-0.2, -0.15) is 4.57 Å². The van der Waals surface area contributed by atoms with Crippen LogP contribution < -0.4 is 26.0 Å². The van der Waals surface area contributed by atoms with E-state index in [1.54, 1.807) is 5.38 Å². The van der Waals surface area contributed by atoms with Gasteiger partial charge in [-0.3, -0.25) is 19.5 Å². The number of fused-ring (bicyclic) bond motifs is 2. The minimum absolute atomic E-state index is 0.145. The van der Waals surface area contributed by atoms with E-state index in [-0.39, 0.29) is 28.8 Å². The second kappa shape index (κ2) is 12.5. The van der Waals surface area contributed by atoms with E-state index >= 15 is 0 Å². The molecule has 0 radical (unpaired) electrons. The molecule has 3 aromatic heterocycles. The Bertz CT molecular complexity index is 2000. The number of thiazole rings is 1. The number of carbonyl (C=O) groups is 3. The molecule has 7 rings (SSSR count). The average Bonchev–Trinajstić information content (AvgIpc) is 3.85. The predicted octanol–water partition coefficient (Wildman–Crippen LogP) is -0.180. The number of carboxylic acid groups (broad SMARTS) is 1. The van der Waals surface area contributed by atoms with Gasteiger partial charge in [0.1, 0.15) is 35.6 Å². The number of carboxylic acids is 1. The number of amidine groups is 1. The first-order chi connectivity index (χ1) is 22.8. The van der Waals surface area contributed by atoms with Crippen molar-refractivity contribution in [1.29, 1.82) is 0 Å². The summed E-state index contributed by atoms with van der Waals surface area (Å²) in [5.41, 5.74) is 10.2. The molecule has 47 heavy (non-hydrogen) atoms. The minimum atomic E-state index is -1.45. The Labute approximate surface area is 276 Å². The number of nitrogens with one attached hydrogen (secondary N) is 2. The lowest BCUT2D eigenvalue weighted by Crippen LogP contribution is -2.71. The largest absolute Gasteiger partial charge is 0.543 e. The smallest absolute Gasteiger partial charge is 0.276 e. The van der Waals surface area contributed by atoms with Gasteiger partial charge in [-0.1, -0.05) is 29.4 Å². The molecule has 0 aliphatic carbocycles. The van der Waals surface area contributed by atoms with Crippen molar-refractivity contribution < 1.29 is 28.9 Å². The third-order valence-electron chi connectivity index (χ3n) is 8.12. The first kappa shape index (κ1) is 30.4. The van der Waals surface area contributed by atoms with Gasteiger partial charge in [-0.05, 0) is 11.6 Å². The summed E-state index contributed by atoms with van der Waals surface area (Å²) in [5, 5.41) is 23.3. The molecule has 0 bridgehead atoms. The Morgan fingerprint density at radius 3 is 2.79 bits per heavy atom. The SMILES string of the molecule is CO/N=C(\C(=O)N[C@@H]1C(=O)N2C(C(=O)[O-])=C(C[n+]3cccc4c3ccn4Cc3ccc(C4=NCCN4)cc3)CS[C@H]12)c1csc(N)n1. The van der Waals surface area contributed by atoms with E-state index in [1.165, 1.54) is 23.8 Å². The number of hydrogen-bond acceptors (Lipinski definition) is 12. The van der Waals surface area contributed by atoms with Gasteiger partial charge in [0.2, 0.25) is 5.52 Å². The van der Waals surface area contributed by atoms with Gasteiger partial charge >= 0.3 is 0 Å². The van der Waals surface area contributed by atoms with E-state index in [0.29, 0.717) is 17.9 Å². The van der Waals surface area contributed by atoms with Crippen LogP contribution in [0.3, 0.4) is 0 Å². The summed E-state index contributed by atoms with van der Waals surface area (Å²) in [6.45, 7) is 2.54. The lowest BCUT2D eigenvalue weighted by atomic mass is 10.0. The van der Waals surface area contributed by atoms with Gasteiger partial charge in [0.25, 0.3) is 11.8 Å². The van der Waals surface area contributed by atoms with Gasteiger partial charge in [-0.25, -0.2) is 4.98 Å². The zero-order chi connectivity index (χ0) is 32.7. The first-order valence-corrected chi connectivity index (χ1v) is 16.6. The number of oxime groups is 1. The maximum absolute atomic E-state index is 13.3. The number of benzene rings is 1. The summed E-state index contributed by atoms with van der Waals surface area (Å²) < 4.78 is 4.10. The number of aliphatic imine (C=N–C) groups is 1. The van der Waals surface area contributed by atoms with Crippen molar-refractivity contribution in [1.82, 2.24) is 25.1 Å². The average molecular weight is 672 g/mol. The number of nitrogens with two attached hydrogens (primary N) is 1. The second-order valence-corrected chi connectivity index (χ2v) is 13.0. The van der Waals surface area contributed by atoms with Crippen molar-refractivity contribution in [3.8, 4) is 0 Å². The highest BCUT2D eigenvalue weighted by Gasteiger charge is 2.53. The van der Waals surface area contributed by atoms with Gasteiger partial charge in [0, 0.05) is 53.7 Å². The first-order valence-electron chi connectivity index (χ1n) is 14.7. The molecule has 4 aromatic rings. The number of β-lactam (4-membered cyclic amide) rings is 1. The normalized spacial score (nSPS) is 19.3. The number of thioether (sulfide) groups is 1. The van der Waals surface area contributed by atoms with Crippen LogP contribution in [0.2, 0.25) is 0 Å². The molecule has 1 aromatic carbocycles. The van der Waals surface area contributed by atoms with Crippen molar-refractivity contribution in [2.24, 2.45) is 10.1 Å². The third-order valence-corrected chi connectivity index (χ3v) is 10.1. The number of carbonyl (C=O) groups excluding carboxylic acids is 3. The fourth-order valence-corrected chi connectivity index (χ4v) is 7.83. The summed E-state index contributed by atoms with van der Waals surface area (Å²) >= 11 is 2.50. The van der Waals surface area contributed by atoms with Crippen molar-refractivity contribution in [3.63, 3.8) is 0 Å². The van der Waals surface area contributed by atoms with Crippen LogP contribution in [-0.4, -0.2) is 81.1 Å². The summed E-state index contributed by atoms with van der Waals surface area (Å²) in [7, 11) is 1.28. The number of rotatable bonds is 10. The lowest BCUT2D eigenvalue weighted by Gasteiger charge is -2.50. The number of hydrogen-bond donors (Lipinski definition) is 3. The van der Waals surface area contributed by atoms with Gasteiger partial charge < -0.3 is 35.7 Å². The number of aromatic nitrogens is 3. The molecule has 16 heteroatoms. The topological polar surface area (TPSA) is 183 Å². The minimum Gasteiger partial charge on any atom is -0.543 e. The van der Waals surface area contributed by atoms with Crippen LogP contribution in [0.15, 0.2) is 81.7 Å². The van der Waals surface area contributed by atoms with Crippen molar-refractivity contribution in [2.75, 3.05) is 31.7 Å². The van der Waals surface area contributed by atoms with Crippen LogP contribution in [0.4, 0.5) is 5.13 Å². The summed E-state index contributed by atoms with van der Waals surface area (Å²) in [5.74, 6) is -1.45. The molecule has 2 atom stereocenters. The van der Waals surface area contributed by atoms with Crippen LogP contribution in [-0.2, 0) is 32.3 Å². The fourth-order valence-electron chi connectivity index (χ4n) is 5.95. The van der Waals surface area contributed by atoms with E-state index in [2.05, 4.69) is 54.6 Å². The molecule has 14 nitrogen and oxygen atoms in total. The highest BCUT2D eigenvalue weighted by molar-refractivity contribution is 8.00. The number of nitrogen functional groups attached to an aromatic ring is 1. The van der Waals surface area contributed by atoms with E-state index in [0.717, 1.165) is 52.4 Å². The van der Waals surface area contributed by atoms with Crippen LogP contribution in [0, 0.1) is 0 Å². The van der Waals surface area contributed by atoms with Crippen LogP contribution in [0.1, 0.15) is 16.8 Å². The van der Waals surface area contributed by atoms with Crippen LogP contribution in [0.25, 0.3) is 11.0 Å². The van der Waals surface area contributed by atoms with E-state index in [4.69, 9.17) is 10.6 Å². The zero-order valence-electron chi connectivity index (χ0n) is 25.1. The monoisotopic (exact) mass is 671 g/mol. The molecule has 2 amide bonds. The number of anilines is 1. The Hall–Kier alpha value is -5.22. The van der Waals surface area contributed by atoms with Gasteiger partial charge in [0.05, 0.1) is 18.2 Å². The molecular weight excluding hydrogens is 643 g/mol. The fraction of sp³-hybridized carbons (Fsp3) is 0.258. The van der Waals surface area contributed by atoms with Gasteiger partial charge in [0.15, 0.2) is 23.6 Å². The van der Waals surface area contributed by atoms with E-state index < -0.39 is 29.2 Å². The van der Waals surface area contributed by atoms with Crippen molar-refractivity contribution >= 4 is 68.6 Å². The molecule has 0 unspecified atom stereocenters. The molecule has 240 valence electrons. The molecule has 1 saturated heterocycles. The number of nitrogens with zero attached hydrogens (tertiary/aromatic N) is 6. The molecule has 0 saturated carbocycles. The molecule has 4 N–H and O–H groups in total. The lowest BCUT2D eigenvalue weighted by molar-refractivity contribution is -0.663. The highest BCUT2D eigenvalue weighted by atomic mass is 32.2. The maximum atomic E-state index is 13.3. The Kier molecular flexibility index (Phi) is 8.11. The summed E-state index contributed by atoms with van der Waals surface area (Å²) in [6.07, 6.45) is 3.89. The van der Waals surface area contributed by atoms with E-state index in [1.807, 2.05) is 35.2 Å². The number of pyridine rings is 1. The zero-order valence-corrected chi connectivity index (χ0v) is 26.7. The van der Waals surface area contributed by atoms with Gasteiger partial charge in [-0.15, -0.1) is 23.1 Å². The van der Waals surface area contributed by atoms with Crippen LogP contribution >= 0.6 is 23.1 Å². The Morgan fingerprint density at radius 1 is 1.26 bits per heavy atom. The summed E-state index contributed by atoms with van der Waals surface area (Å²) in [6, 6.07) is 13.3. The molecule has 6 heterocycles. The number of amides is 2. The quantitative estimate of drug-likeness (QED) is 0.0891. The Morgan fingerprint density at radius 2 is 2.09 bits per heavy atom. The summed E-state index contributed by atoms with van der Waals surface area (Å²) in [4.78, 5) is 53.4. The van der Waals surface area contributed by atoms with Crippen molar-refractivity contribution in [3.05, 3.63) is 88.3 Å². The highest BCUT2D eigenvalue weighted by Crippen LogP contribution is 2.40. The molecule has 3 aliphatic heterocycles. The number of aliphatic carboxylic acids is 1. The molecule has 1 fully saturated rings.